The molecule has 0 radical (unpaired) electrons. The van der Waals surface area contributed by atoms with E-state index in [0.29, 0.717) is 47.5 Å². The largest absolute Gasteiger partial charge is 0.465 e. The fraction of sp³-hybridized carbons (Fsp3) is 0.389. The molecule has 0 saturated carbocycles. The van der Waals surface area contributed by atoms with Gasteiger partial charge in [-0.05, 0) is 66.9 Å². The summed E-state index contributed by atoms with van der Waals surface area (Å²) in [5.74, 6) is 0.592. The second kappa shape index (κ2) is 7.73. The molecule has 2 heterocycles. The summed E-state index contributed by atoms with van der Waals surface area (Å²) in [6, 6.07) is 4.42. The standard InChI is InChI=1S/C18H20BrFN2O4S/c1-11-16(17(19)12(2)26-11)18(23)22-9-7-14(8-10-22)21-27(24,25)15-5-3-13(20)4-6-15/h3-6,14,21H,7-10H2,1-2H3. The van der Waals surface area contributed by atoms with Crippen LogP contribution >= 0.6 is 15.9 Å². The van der Waals surface area contributed by atoms with Gasteiger partial charge in [0.2, 0.25) is 10.0 Å². The van der Waals surface area contributed by atoms with Crippen molar-refractivity contribution in [2.24, 2.45) is 0 Å². The van der Waals surface area contributed by atoms with Crippen LogP contribution in [0.25, 0.3) is 0 Å². The van der Waals surface area contributed by atoms with Gasteiger partial charge in [0.25, 0.3) is 5.91 Å². The summed E-state index contributed by atoms with van der Waals surface area (Å²) in [6.45, 7) is 4.40. The van der Waals surface area contributed by atoms with E-state index in [2.05, 4.69) is 20.7 Å². The van der Waals surface area contributed by atoms with Gasteiger partial charge in [0, 0.05) is 19.1 Å². The Morgan fingerprint density at radius 1 is 1.19 bits per heavy atom. The first-order valence-electron chi connectivity index (χ1n) is 8.51. The number of nitrogens with one attached hydrogen (secondary N) is 1. The molecule has 0 aliphatic carbocycles. The number of carbonyl (C=O) groups is 1. The SMILES string of the molecule is Cc1oc(C)c(C(=O)N2CCC(NS(=O)(=O)c3ccc(F)cc3)CC2)c1Br. The van der Waals surface area contributed by atoms with E-state index in [0.717, 1.165) is 12.1 Å². The first kappa shape index (κ1) is 20.0. The molecular weight excluding hydrogens is 439 g/mol. The highest BCUT2D eigenvalue weighted by Crippen LogP contribution is 2.29. The molecule has 2 aromatic rings. The van der Waals surface area contributed by atoms with Gasteiger partial charge in [-0.15, -0.1) is 0 Å². The Hall–Kier alpha value is -1.71. The van der Waals surface area contributed by atoms with Crippen LogP contribution in [-0.4, -0.2) is 38.4 Å². The molecule has 146 valence electrons. The lowest BCUT2D eigenvalue weighted by Gasteiger charge is -2.32. The highest BCUT2D eigenvalue weighted by Gasteiger charge is 2.30. The van der Waals surface area contributed by atoms with E-state index in [4.69, 9.17) is 4.42 Å². The first-order valence-corrected chi connectivity index (χ1v) is 10.8. The van der Waals surface area contributed by atoms with E-state index < -0.39 is 15.8 Å². The van der Waals surface area contributed by atoms with Crippen molar-refractivity contribution in [3.05, 3.63) is 51.6 Å². The monoisotopic (exact) mass is 458 g/mol. The Morgan fingerprint density at radius 2 is 1.78 bits per heavy atom. The molecule has 1 amide bonds. The van der Waals surface area contributed by atoms with Gasteiger partial charge in [0.15, 0.2) is 0 Å². The van der Waals surface area contributed by atoms with E-state index in [9.17, 15) is 17.6 Å². The zero-order valence-electron chi connectivity index (χ0n) is 15.0. The van der Waals surface area contributed by atoms with E-state index in [1.54, 1.807) is 18.7 Å². The van der Waals surface area contributed by atoms with Crippen molar-refractivity contribution >= 4 is 31.9 Å². The van der Waals surface area contributed by atoms with Gasteiger partial charge < -0.3 is 9.32 Å². The Morgan fingerprint density at radius 3 is 2.30 bits per heavy atom. The predicted octanol–water partition coefficient (Wildman–Crippen LogP) is 3.38. The van der Waals surface area contributed by atoms with Gasteiger partial charge in [-0.1, -0.05) is 0 Å². The van der Waals surface area contributed by atoms with Gasteiger partial charge in [-0.2, -0.15) is 0 Å². The topological polar surface area (TPSA) is 79.6 Å². The van der Waals surface area contributed by atoms with Gasteiger partial charge in [0.1, 0.15) is 17.3 Å². The van der Waals surface area contributed by atoms with Crippen LogP contribution in [0.15, 0.2) is 38.1 Å². The van der Waals surface area contributed by atoms with Crippen LogP contribution in [0.4, 0.5) is 4.39 Å². The summed E-state index contributed by atoms with van der Waals surface area (Å²) < 4.78 is 46.6. The number of hydrogen-bond donors (Lipinski definition) is 1. The average molecular weight is 459 g/mol. The molecule has 0 atom stereocenters. The Labute approximate surface area is 165 Å². The number of halogens is 2. The maximum atomic E-state index is 13.0. The van der Waals surface area contributed by atoms with Crippen LogP contribution in [0.1, 0.15) is 34.7 Å². The minimum Gasteiger partial charge on any atom is -0.465 e. The van der Waals surface area contributed by atoms with Crippen LogP contribution in [0, 0.1) is 19.7 Å². The molecule has 3 rings (SSSR count). The van der Waals surface area contributed by atoms with E-state index in [1.807, 2.05) is 0 Å². The molecule has 1 aliphatic heterocycles. The van der Waals surface area contributed by atoms with Crippen molar-refractivity contribution in [3.8, 4) is 0 Å². The molecule has 1 aliphatic rings. The van der Waals surface area contributed by atoms with Gasteiger partial charge in [-0.3, -0.25) is 4.79 Å². The summed E-state index contributed by atoms with van der Waals surface area (Å²) in [5.41, 5.74) is 0.512. The second-order valence-electron chi connectivity index (χ2n) is 6.55. The minimum atomic E-state index is -3.72. The molecule has 0 spiro atoms. The van der Waals surface area contributed by atoms with Crippen molar-refractivity contribution < 1.29 is 22.0 Å². The fourth-order valence-electron chi connectivity index (χ4n) is 3.16. The second-order valence-corrected chi connectivity index (χ2v) is 9.05. The van der Waals surface area contributed by atoms with Crippen molar-refractivity contribution in [1.82, 2.24) is 9.62 Å². The molecular formula is C18H20BrFN2O4S. The number of aryl methyl sites for hydroxylation is 2. The number of piperidine rings is 1. The van der Waals surface area contributed by atoms with Crippen molar-refractivity contribution in [3.63, 3.8) is 0 Å². The third kappa shape index (κ3) is 4.25. The maximum Gasteiger partial charge on any atom is 0.258 e. The van der Waals surface area contributed by atoms with Crippen LogP contribution < -0.4 is 4.72 Å². The van der Waals surface area contributed by atoms with E-state index >= 15 is 0 Å². The Kier molecular flexibility index (Phi) is 5.73. The zero-order chi connectivity index (χ0) is 19.8. The molecule has 9 heteroatoms. The summed E-state index contributed by atoms with van der Waals surface area (Å²) in [4.78, 5) is 14.5. The quantitative estimate of drug-likeness (QED) is 0.761. The van der Waals surface area contributed by atoms with Crippen molar-refractivity contribution in [2.75, 3.05) is 13.1 Å². The lowest BCUT2D eigenvalue weighted by atomic mass is 10.1. The third-order valence-corrected chi connectivity index (χ3v) is 7.12. The number of amides is 1. The van der Waals surface area contributed by atoms with Crippen LogP contribution in [0.3, 0.4) is 0 Å². The number of nitrogens with zero attached hydrogens (tertiary/aromatic N) is 1. The lowest BCUT2D eigenvalue weighted by Crippen LogP contribution is -2.46. The highest BCUT2D eigenvalue weighted by atomic mass is 79.9. The zero-order valence-corrected chi connectivity index (χ0v) is 17.4. The number of carbonyl (C=O) groups excluding carboxylic acids is 1. The predicted molar refractivity (Wildman–Crippen MR) is 102 cm³/mol. The molecule has 1 aromatic carbocycles. The number of benzene rings is 1. The number of likely N-dealkylation sites (tertiary alicyclic amines) is 1. The van der Waals surface area contributed by atoms with Gasteiger partial charge in [0.05, 0.1) is 14.9 Å². The van der Waals surface area contributed by atoms with E-state index in [-0.39, 0.29) is 16.8 Å². The van der Waals surface area contributed by atoms with Crippen LogP contribution in [0.5, 0.6) is 0 Å². The molecule has 6 nitrogen and oxygen atoms in total. The van der Waals surface area contributed by atoms with Gasteiger partial charge >= 0.3 is 0 Å². The molecule has 0 unspecified atom stereocenters. The van der Waals surface area contributed by atoms with Crippen molar-refractivity contribution in [2.45, 2.75) is 37.6 Å². The fourth-order valence-corrected chi connectivity index (χ4v) is 4.99. The smallest absolute Gasteiger partial charge is 0.258 e. The number of furan rings is 1. The van der Waals surface area contributed by atoms with Crippen molar-refractivity contribution in [1.29, 1.82) is 0 Å². The van der Waals surface area contributed by atoms with Gasteiger partial charge in [-0.25, -0.2) is 17.5 Å². The molecule has 1 fully saturated rings. The first-order chi connectivity index (χ1) is 12.7. The Balaban J connectivity index is 1.63. The molecule has 1 saturated heterocycles. The summed E-state index contributed by atoms with van der Waals surface area (Å²) >= 11 is 3.39. The number of rotatable bonds is 4. The highest BCUT2D eigenvalue weighted by molar-refractivity contribution is 9.10. The van der Waals surface area contributed by atoms with Crippen LogP contribution in [0.2, 0.25) is 0 Å². The van der Waals surface area contributed by atoms with E-state index in [1.165, 1.54) is 12.1 Å². The normalized spacial score (nSPS) is 15.9. The third-order valence-electron chi connectivity index (χ3n) is 4.63. The summed E-state index contributed by atoms with van der Waals surface area (Å²) in [7, 11) is -3.72. The Bertz CT molecular complexity index is 948. The molecule has 27 heavy (non-hydrogen) atoms. The summed E-state index contributed by atoms with van der Waals surface area (Å²) in [6.07, 6.45) is 0.999. The summed E-state index contributed by atoms with van der Waals surface area (Å²) in [5, 5.41) is 0. The van der Waals surface area contributed by atoms with Crippen LogP contribution in [-0.2, 0) is 10.0 Å². The molecule has 1 N–H and O–H groups in total. The molecule has 0 bridgehead atoms. The minimum absolute atomic E-state index is 0.0239. The number of sulfonamides is 1. The lowest BCUT2D eigenvalue weighted by molar-refractivity contribution is 0.0708. The molecule has 1 aromatic heterocycles. The number of hydrogen-bond acceptors (Lipinski definition) is 4. The average Bonchev–Trinajstić information content (AvgIpc) is 2.87. The maximum absolute atomic E-state index is 13.0.